The fourth-order valence-corrected chi connectivity index (χ4v) is 3.60. The topological polar surface area (TPSA) is 93.8 Å². The third-order valence-corrected chi connectivity index (χ3v) is 4.76. The minimum atomic E-state index is 0.305. The molecule has 0 bridgehead atoms. The first kappa shape index (κ1) is 15.4. The van der Waals surface area contributed by atoms with Gasteiger partial charge in [-0.25, -0.2) is 0 Å². The number of halogens is 1. The lowest BCUT2D eigenvalue weighted by Gasteiger charge is -2.24. The summed E-state index contributed by atoms with van der Waals surface area (Å²) in [4.78, 5) is 6.58. The number of nitrogens with one attached hydrogen (secondary N) is 3. The molecule has 0 amide bonds. The Morgan fingerprint density at radius 2 is 2.18 bits per heavy atom. The smallest absolute Gasteiger partial charge is 0.338 e. The second kappa shape index (κ2) is 6.71. The van der Waals surface area contributed by atoms with Crippen LogP contribution in [0.1, 0.15) is 36.6 Å². The molecule has 1 aromatic carbocycles. The number of nitrogens with two attached hydrogens (primary N) is 2. The van der Waals surface area contributed by atoms with Crippen molar-refractivity contribution < 1.29 is 4.99 Å². The van der Waals surface area contributed by atoms with Crippen molar-refractivity contribution in [3.8, 4) is 0 Å². The van der Waals surface area contributed by atoms with Gasteiger partial charge in [0.2, 0.25) is 0 Å². The molecule has 0 saturated heterocycles. The van der Waals surface area contributed by atoms with E-state index in [0.29, 0.717) is 12.0 Å². The van der Waals surface area contributed by atoms with E-state index in [1.165, 1.54) is 22.2 Å². The number of unbranched alkanes of at least 4 members (excludes halogenated alkanes) is 1. The van der Waals surface area contributed by atoms with Crippen LogP contribution in [0.15, 0.2) is 22.7 Å². The largest absolute Gasteiger partial charge is 0.357 e. The van der Waals surface area contributed by atoms with Gasteiger partial charge < -0.3 is 10.3 Å². The third kappa shape index (κ3) is 3.28. The predicted molar refractivity (Wildman–Crippen MR) is 93.5 cm³/mol. The van der Waals surface area contributed by atoms with Crippen LogP contribution in [0.25, 0.3) is 10.9 Å². The van der Waals surface area contributed by atoms with Crippen molar-refractivity contribution in [1.29, 1.82) is 0 Å². The Balaban J connectivity index is 1.71. The van der Waals surface area contributed by atoms with Gasteiger partial charge >= 0.3 is 5.96 Å². The molecule has 1 atom stereocenters. The van der Waals surface area contributed by atoms with Crippen molar-refractivity contribution >= 4 is 32.8 Å². The molecule has 0 radical (unpaired) electrons. The molecule has 0 spiro atoms. The van der Waals surface area contributed by atoms with Crippen molar-refractivity contribution in [2.75, 3.05) is 13.1 Å². The molecular weight excluding hydrogens is 342 g/mol. The van der Waals surface area contributed by atoms with Gasteiger partial charge in [0.1, 0.15) is 0 Å². The van der Waals surface area contributed by atoms with Crippen LogP contribution in [-0.4, -0.2) is 24.0 Å². The number of fused-ring (bicyclic) bond motifs is 3. The Morgan fingerprint density at radius 1 is 1.32 bits per heavy atom. The molecule has 6 heteroatoms. The van der Waals surface area contributed by atoms with Crippen LogP contribution >= 0.6 is 15.9 Å². The fourth-order valence-electron chi connectivity index (χ4n) is 3.24. The third-order valence-electron chi connectivity index (χ3n) is 4.26. The van der Waals surface area contributed by atoms with Crippen LogP contribution < -0.4 is 21.8 Å². The van der Waals surface area contributed by atoms with Gasteiger partial charge in [-0.1, -0.05) is 22.0 Å². The van der Waals surface area contributed by atoms with E-state index in [0.717, 1.165) is 43.2 Å². The van der Waals surface area contributed by atoms with E-state index in [4.69, 9.17) is 11.5 Å². The Hall–Kier alpha value is -1.53. The molecule has 118 valence electrons. The highest BCUT2D eigenvalue weighted by molar-refractivity contribution is 9.10. The standard InChI is InChI=1S/C16H22BrN5/c17-10-4-5-11-12-6-8-20-13(15(12)22-14(11)9-10)3-1-2-7-21-16(18)19/h4-5,9,13,20,22H,1-3,6-8H2,(H4,18,19,21)/p+1/t13-/m0/s1. The van der Waals surface area contributed by atoms with Crippen molar-refractivity contribution in [3.63, 3.8) is 0 Å². The minimum Gasteiger partial charge on any atom is -0.357 e. The predicted octanol–water partition coefficient (Wildman–Crippen LogP) is 0.642. The van der Waals surface area contributed by atoms with Gasteiger partial charge in [-0.15, -0.1) is 0 Å². The molecule has 1 aromatic heterocycles. The lowest BCUT2D eigenvalue weighted by molar-refractivity contribution is -0.459. The molecule has 2 heterocycles. The molecule has 1 aliphatic rings. The molecular formula is C16H23BrN5+. The van der Waals surface area contributed by atoms with Gasteiger partial charge in [-0.2, -0.15) is 0 Å². The molecule has 5 nitrogen and oxygen atoms in total. The number of H-pyrrole nitrogens is 1. The normalized spacial score (nSPS) is 17.4. The number of rotatable bonds is 5. The second-order valence-corrected chi connectivity index (χ2v) is 6.76. The number of aromatic nitrogens is 1. The summed E-state index contributed by atoms with van der Waals surface area (Å²) in [6.45, 7) is 1.88. The average Bonchev–Trinajstić information content (AvgIpc) is 2.84. The number of benzene rings is 1. The summed E-state index contributed by atoms with van der Waals surface area (Å²) in [7, 11) is 0. The van der Waals surface area contributed by atoms with E-state index in [2.05, 4.69) is 49.4 Å². The number of hydrogen-bond donors (Lipinski definition) is 5. The van der Waals surface area contributed by atoms with Gasteiger partial charge in [0.25, 0.3) is 0 Å². The Morgan fingerprint density at radius 3 is 3.00 bits per heavy atom. The maximum absolute atomic E-state index is 5.40. The van der Waals surface area contributed by atoms with Crippen molar-refractivity contribution in [2.45, 2.75) is 31.7 Å². The Kier molecular flexibility index (Phi) is 4.69. The zero-order valence-electron chi connectivity index (χ0n) is 12.6. The summed E-state index contributed by atoms with van der Waals surface area (Å²) in [5.74, 6) is 0.305. The highest BCUT2D eigenvalue weighted by Crippen LogP contribution is 2.33. The monoisotopic (exact) mass is 364 g/mol. The number of hydrogen-bond acceptors (Lipinski definition) is 1. The first-order chi connectivity index (χ1) is 10.6. The average molecular weight is 365 g/mol. The van der Waals surface area contributed by atoms with Gasteiger partial charge in [-0.3, -0.25) is 16.5 Å². The Bertz CT molecular complexity index is 687. The van der Waals surface area contributed by atoms with E-state index in [1.54, 1.807) is 0 Å². The van der Waals surface area contributed by atoms with Crippen LogP contribution in [0, 0.1) is 0 Å². The van der Waals surface area contributed by atoms with Crippen LogP contribution in [0.2, 0.25) is 0 Å². The lowest BCUT2D eigenvalue weighted by atomic mass is 9.96. The molecule has 22 heavy (non-hydrogen) atoms. The first-order valence-corrected chi connectivity index (χ1v) is 8.59. The Labute approximate surface area is 138 Å². The SMILES string of the molecule is NC(N)=[NH+]CCCC[C@@H]1NCCc2c1[nH]c1cc(Br)ccc21. The van der Waals surface area contributed by atoms with Crippen LogP contribution in [0.5, 0.6) is 0 Å². The van der Waals surface area contributed by atoms with Crippen molar-refractivity contribution in [1.82, 2.24) is 10.3 Å². The number of guanidine groups is 1. The van der Waals surface area contributed by atoms with Gasteiger partial charge in [-0.05, 0) is 49.9 Å². The van der Waals surface area contributed by atoms with Crippen LogP contribution in [0.3, 0.4) is 0 Å². The van der Waals surface area contributed by atoms with E-state index in [-0.39, 0.29) is 0 Å². The molecule has 1 aliphatic heterocycles. The molecule has 0 aliphatic carbocycles. The van der Waals surface area contributed by atoms with E-state index in [1.807, 2.05) is 0 Å². The molecule has 0 fully saturated rings. The first-order valence-electron chi connectivity index (χ1n) is 7.80. The van der Waals surface area contributed by atoms with E-state index < -0.39 is 0 Å². The maximum atomic E-state index is 5.40. The summed E-state index contributed by atoms with van der Waals surface area (Å²) >= 11 is 3.55. The second-order valence-electron chi connectivity index (χ2n) is 5.84. The summed E-state index contributed by atoms with van der Waals surface area (Å²) < 4.78 is 1.12. The molecule has 7 N–H and O–H groups in total. The van der Waals surface area contributed by atoms with Crippen molar-refractivity contribution in [2.24, 2.45) is 11.5 Å². The zero-order valence-corrected chi connectivity index (χ0v) is 14.2. The van der Waals surface area contributed by atoms with Crippen LogP contribution in [0.4, 0.5) is 0 Å². The van der Waals surface area contributed by atoms with E-state index in [9.17, 15) is 0 Å². The zero-order chi connectivity index (χ0) is 15.5. The van der Waals surface area contributed by atoms with Gasteiger partial charge in [0.05, 0.1) is 6.54 Å². The molecule has 0 saturated carbocycles. The van der Waals surface area contributed by atoms with Gasteiger partial charge in [0.15, 0.2) is 0 Å². The van der Waals surface area contributed by atoms with Gasteiger partial charge in [0, 0.05) is 27.1 Å². The molecule has 3 rings (SSSR count). The summed E-state index contributed by atoms with van der Waals surface area (Å²) in [5, 5.41) is 4.99. The fraction of sp³-hybridized carbons (Fsp3) is 0.438. The molecule has 2 aromatic rings. The van der Waals surface area contributed by atoms with Crippen molar-refractivity contribution in [3.05, 3.63) is 33.9 Å². The number of aromatic amines is 1. The summed E-state index contributed by atoms with van der Waals surface area (Å²) in [6, 6.07) is 6.90. The minimum absolute atomic E-state index is 0.305. The highest BCUT2D eigenvalue weighted by atomic mass is 79.9. The van der Waals surface area contributed by atoms with Crippen LogP contribution in [-0.2, 0) is 6.42 Å². The van der Waals surface area contributed by atoms with E-state index >= 15 is 0 Å². The maximum Gasteiger partial charge on any atom is 0.338 e. The highest BCUT2D eigenvalue weighted by Gasteiger charge is 2.23. The summed E-state index contributed by atoms with van der Waals surface area (Å²) in [5.41, 5.74) is 14.9. The quantitative estimate of drug-likeness (QED) is 0.306. The molecule has 0 unspecified atom stereocenters. The lowest BCUT2D eigenvalue weighted by Crippen LogP contribution is -2.78. The summed E-state index contributed by atoms with van der Waals surface area (Å²) in [6.07, 6.45) is 4.41.